The second kappa shape index (κ2) is 9.25. The smallest absolute Gasteiger partial charge is 0.226 e. The van der Waals surface area contributed by atoms with Crippen LogP contribution in [0.3, 0.4) is 0 Å². The molecule has 3 saturated heterocycles. The van der Waals surface area contributed by atoms with E-state index in [2.05, 4.69) is 21.2 Å². The van der Waals surface area contributed by atoms with Crippen LogP contribution < -0.4 is 10.2 Å². The van der Waals surface area contributed by atoms with E-state index in [9.17, 15) is 13.2 Å². The summed E-state index contributed by atoms with van der Waals surface area (Å²) in [6.45, 7) is 6.03. The summed E-state index contributed by atoms with van der Waals surface area (Å²) in [5, 5.41) is 3.97. The molecule has 0 aliphatic carbocycles. The van der Waals surface area contributed by atoms with Crippen molar-refractivity contribution in [2.75, 3.05) is 57.0 Å². The summed E-state index contributed by atoms with van der Waals surface area (Å²) in [5.41, 5.74) is 0.821. The first kappa shape index (κ1) is 22.8. The summed E-state index contributed by atoms with van der Waals surface area (Å²) in [6, 6.07) is 8.25. The molecule has 3 fully saturated rings. The van der Waals surface area contributed by atoms with Crippen LogP contribution >= 0.6 is 11.6 Å². The molecule has 7 nitrogen and oxygen atoms in total. The molecule has 1 N–H and O–H groups in total. The van der Waals surface area contributed by atoms with E-state index in [0.717, 1.165) is 57.0 Å². The van der Waals surface area contributed by atoms with Crippen molar-refractivity contribution >= 4 is 33.2 Å². The second-order valence-electron chi connectivity index (χ2n) is 9.27. The van der Waals surface area contributed by atoms with E-state index in [0.29, 0.717) is 25.9 Å². The minimum Gasteiger partial charge on any atom is -0.369 e. The van der Waals surface area contributed by atoms with E-state index in [-0.39, 0.29) is 17.4 Å². The normalized spacial score (nSPS) is 25.2. The lowest BCUT2D eigenvalue weighted by Crippen LogP contribution is -2.46. The topological polar surface area (TPSA) is 73.0 Å². The number of carbonyl (C=O) groups is 1. The van der Waals surface area contributed by atoms with E-state index < -0.39 is 10.0 Å². The highest BCUT2D eigenvalue weighted by Crippen LogP contribution is 2.41. The van der Waals surface area contributed by atoms with Gasteiger partial charge >= 0.3 is 0 Å². The van der Waals surface area contributed by atoms with Crippen LogP contribution in [0.25, 0.3) is 0 Å². The van der Waals surface area contributed by atoms with Crippen LogP contribution in [0, 0.1) is 5.41 Å². The number of piperidine rings is 1. The van der Waals surface area contributed by atoms with E-state index in [1.807, 2.05) is 18.2 Å². The minimum absolute atomic E-state index is 0.126. The molecule has 0 aromatic heterocycles. The van der Waals surface area contributed by atoms with Gasteiger partial charge in [0.25, 0.3) is 0 Å². The van der Waals surface area contributed by atoms with Crippen LogP contribution in [0.2, 0.25) is 5.02 Å². The highest BCUT2D eigenvalue weighted by atomic mass is 35.5. The fourth-order valence-electron chi connectivity index (χ4n) is 5.27. The largest absolute Gasteiger partial charge is 0.369 e. The standard InChI is InChI=1S/C22H33ClN4O3S/c1-31(29,30)27-10-7-22(8-11-27)17-19(24-21(22)28)5-3-9-25-12-14-26(15-13-25)20-6-2-4-18(23)16-20/h2,4,6,16,19H,3,5,7-15,17H2,1H3,(H,24,28)/t19-/m0/s1. The summed E-state index contributed by atoms with van der Waals surface area (Å²) in [4.78, 5) is 17.6. The highest BCUT2D eigenvalue weighted by molar-refractivity contribution is 7.88. The first-order valence-electron chi connectivity index (χ1n) is 11.2. The zero-order valence-electron chi connectivity index (χ0n) is 18.2. The number of halogens is 1. The molecule has 9 heteroatoms. The van der Waals surface area contributed by atoms with Crippen LogP contribution in [0.4, 0.5) is 5.69 Å². The van der Waals surface area contributed by atoms with Gasteiger partial charge in [-0.15, -0.1) is 0 Å². The van der Waals surface area contributed by atoms with Crippen molar-refractivity contribution in [2.45, 2.75) is 38.1 Å². The van der Waals surface area contributed by atoms with Crippen molar-refractivity contribution in [3.05, 3.63) is 29.3 Å². The SMILES string of the molecule is CS(=O)(=O)N1CCC2(CC1)C[C@H](CCCN1CCN(c3cccc(Cl)c3)CC1)NC2=O. The molecule has 1 atom stereocenters. The number of benzene rings is 1. The third-order valence-corrected chi connectivity index (χ3v) is 8.71. The van der Waals surface area contributed by atoms with Crippen LogP contribution in [0.1, 0.15) is 32.1 Å². The van der Waals surface area contributed by atoms with Gasteiger partial charge in [0.2, 0.25) is 15.9 Å². The summed E-state index contributed by atoms with van der Waals surface area (Å²) in [7, 11) is -3.17. The van der Waals surface area contributed by atoms with Gasteiger partial charge in [-0.1, -0.05) is 17.7 Å². The molecule has 1 aromatic rings. The van der Waals surface area contributed by atoms with Crippen LogP contribution in [-0.2, 0) is 14.8 Å². The summed E-state index contributed by atoms with van der Waals surface area (Å²) in [5.74, 6) is 0.126. The number of rotatable bonds is 6. The fraction of sp³-hybridized carbons (Fsp3) is 0.682. The molecule has 1 amide bonds. The summed E-state index contributed by atoms with van der Waals surface area (Å²) in [6.07, 6.45) is 5.40. The second-order valence-corrected chi connectivity index (χ2v) is 11.7. The van der Waals surface area contributed by atoms with Gasteiger partial charge in [-0.05, 0) is 56.8 Å². The first-order valence-corrected chi connectivity index (χ1v) is 13.5. The molecular formula is C22H33ClN4O3S. The Kier molecular flexibility index (Phi) is 6.82. The molecule has 172 valence electrons. The Hall–Kier alpha value is -1.35. The average molecular weight is 469 g/mol. The quantitative estimate of drug-likeness (QED) is 0.692. The third kappa shape index (κ3) is 5.35. The number of carbonyl (C=O) groups excluding carboxylic acids is 1. The lowest BCUT2D eigenvalue weighted by Gasteiger charge is -2.36. The molecule has 4 rings (SSSR count). The van der Waals surface area contributed by atoms with Crippen molar-refractivity contribution in [1.82, 2.24) is 14.5 Å². The Morgan fingerprint density at radius 1 is 1.13 bits per heavy atom. The Morgan fingerprint density at radius 2 is 1.84 bits per heavy atom. The molecule has 0 radical (unpaired) electrons. The maximum atomic E-state index is 12.7. The van der Waals surface area contributed by atoms with E-state index in [1.54, 1.807) is 0 Å². The number of nitrogens with zero attached hydrogens (tertiary/aromatic N) is 3. The van der Waals surface area contributed by atoms with Crippen LogP contribution in [-0.4, -0.2) is 81.6 Å². The number of hydrogen-bond donors (Lipinski definition) is 1. The molecule has 3 heterocycles. The van der Waals surface area contributed by atoms with Crippen molar-refractivity contribution in [3.63, 3.8) is 0 Å². The zero-order valence-corrected chi connectivity index (χ0v) is 19.8. The fourth-order valence-corrected chi connectivity index (χ4v) is 6.30. The van der Waals surface area contributed by atoms with Crippen LogP contribution in [0.15, 0.2) is 24.3 Å². The number of hydrogen-bond acceptors (Lipinski definition) is 5. The zero-order chi connectivity index (χ0) is 22.1. The number of amides is 1. The highest BCUT2D eigenvalue weighted by Gasteiger charge is 2.48. The van der Waals surface area contributed by atoms with E-state index in [4.69, 9.17) is 11.6 Å². The molecule has 31 heavy (non-hydrogen) atoms. The number of nitrogens with one attached hydrogen (secondary N) is 1. The minimum atomic E-state index is -3.17. The van der Waals surface area contributed by atoms with Crippen molar-refractivity contribution in [1.29, 1.82) is 0 Å². The monoisotopic (exact) mass is 468 g/mol. The van der Waals surface area contributed by atoms with Crippen LogP contribution in [0.5, 0.6) is 0 Å². The van der Waals surface area contributed by atoms with Gasteiger partial charge in [0, 0.05) is 56.0 Å². The molecule has 0 bridgehead atoms. The number of anilines is 1. The van der Waals surface area contributed by atoms with Crippen molar-refractivity contribution in [2.24, 2.45) is 5.41 Å². The van der Waals surface area contributed by atoms with E-state index in [1.165, 1.54) is 16.2 Å². The average Bonchev–Trinajstić information content (AvgIpc) is 3.03. The van der Waals surface area contributed by atoms with Gasteiger partial charge in [0.05, 0.1) is 11.7 Å². The molecule has 0 saturated carbocycles. The molecular weight excluding hydrogens is 436 g/mol. The van der Waals surface area contributed by atoms with Gasteiger partial charge in [0.15, 0.2) is 0 Å². The Balaban J connectivity index is 1.19. The lowest BCUT2D eigenvalue weighted by atomic mass is 9.76. The Bertz CT molecular complexity index is 894. The third-order valence-electron chi connectivity index (χ3n) is 7.18. The van der Waals surface area contributed by atoms with Crippen molar-refractivity contribution in [3.8, 4) is 0 Å². The predicted molar refractivity (Wildman–Crippen MR) is 124 cm³/mol. The molecule has 3 aliphatic rings. The predicted octanol–water partition coefficient (Wildman–Crippen LogP) is 2.17. The molecule has 1 aromatic carbocycles. The Morgan fingerprint density at radius 3 is 2.48 bits per heavy atom. The summed E-state index contributed by atoms with van der Waals surface area (Å²) >= 11 is 6.12. The number of sulfonamides is 1. The van der Waals surface area contributed by atoms with Crippen molar-refractivity contribution < 1.29 is 13.2 Å². The molecule has 0 unspecified atom stereocenters. The van der Waals surface area contributed by atoms with Gasteiger partial charge < -0.3 is 10.2 Å². The summed E-state index contributed by atoms with van der Waals surface area (Å²) < 4.78 is 25.0. The van der Waals surface area contributed by atoms with Gasteiger partial charge in [-0.2, -0.15) is 0 Å². The van der Waals surface area contributed by atoms with Gasteiger partial charge in [-0.25, -0.2) is 12.7 Å². The molecule has 1 spiro atoms. The maximum absolute atomic E-state index is 12.7. The lowest BCUT2D eigenvalue weighted by molar-refractivity contribution is -0.129. The first-order chi connectivity index (χ1) is 14.7. The van der Waals surface area contributed by atoms with Gasteiger partial charge in [0.1, 0.15) is 0 Å². The van der Waals surface area contributed by atoms with E-state index >= 15 is 0 Å². The maximum Gasteiger partial charge on any atom is 0.226 e. The molecule has 3 aliphatic heterocycles. The Labute approximate surface area is 190 Å². The van der Waals surface area contributed by atoms with Gasteiger partial charge in [-0.3, -0.25) is 9.69 Å². The number of piperazine rings is 1.